The van der Waals surface area contributed by atoms with Crippen molar-refractivity contribution in [2.75, 3.05) is 16.8 Å². The zero-order chi connectivity index (χ0) is 15.5. The van der Waals surface area contributed by atoms with Crippen molar-refractivity contribution in [2.24, 2.45) is 0 Å². The van der Waals surface area contributed by atoms with Gasteiger partial charge in [-0.1, -0.05) is 41.9 Å². The molecule has 0 bridgehead atoms. The van der Waals surface area contributed by atoms with Crippen molar-refractivity contribution in [3.63, 3.8) is 0 Å². The maximum Gasteiger partial charge on any atom is 0.236 e. The van der Waals surface area contributed by atoms with Crippen LogP contribution in [0.4, 0.5) is 11.4 Å². The fourth-order valence-electron chi connectivity index (χ4n) is 2.59. The number of carbonyl (C=O) groups excluding carboxylic acids is 2. The van der Waals surface area contributed by atoms with Crippen LogP contribution in [0.25, 0.3) is 0 Å². The number of nitrogens with zero attached hydrogens (tertiary/aromatic N) is 1. The SMILES string of the molecule is O=C(CC(=O)N1CCc2ccccc21)Nc1ccccc1Cl. The summed E-state index contributed by atoms with van der Waals surface area (Å²) in [4.78, 5) is 26.0. The number of carbonyl (C=O) groups is 2. The summed E-state index contributed by atoms with van der Waals surface area (Å²) in [6.07, 6.45) is 0.633. The van der Waals surface area contributed by atoms with E-state index in [0.29, 0.717) is 17.3 Å². The zero-order valence-electron chi connectivity index (χ0n) is 11.9. The number of anilines is 2. The topological polar surface area (TPSA) is 49.4 Å². The van der Waals surface area contributed by atoms with Crippen LogP contribution in [-0.2, 0) is 16.0 Å². The molecule has 1 heterocycles. The Morgan fingerprint density at radius 2 is 1.82 bits per heavy atom. The van der Waals surface area contributed by atoms with Crippen molar-refractivity contribution >= 4 is 34.8 Å². The van der Waals surface area contributed by atoms with Crippen LogP contribution in [0.5, 0.6) is 0 Å². The number of rotatable bonds is 3. The van der Waals surface area contributed by atoms with E-state index in [0.717, 1.165) is 17.7 Å². The van der Waals surface area contributed by atoms with Gasteiger partial charge in [-0.2, -0.15) is 0 Å². The van der Waals surface area contributed by atoms with Crippen LogP contribution < -0.4 is 10.2 Å². The highest BCUT2D eigenvalue weighted by molar-refractivity contribution is 6.33. The molecule has 1 N–H and O–H groups in total. The fraction of sp³-hybridized carbons (Fsp3) is 0.176. The van der Waals surface area contributed by atoms with E-state index in [-0.39, 0.29) is 18.2 Å². The summed E-state index contributed by atoms with van der Waals surface area (Å²) >= 11 is 5.99. The third kappa shape index (κ3) is 2.97. The summed E-state index contributed by atoms with van der Waals surface area (Å²) < 4.78 is 0. The second-order valence-corrected chi connectivity index (χ2v) is 5.54. The predicted molar refractivity (Wildman–Crippen MR) is 87.2 cm³/mol. The van der Waals surface area contributed by atoms with E-state index >= 15 is 0 Å². The quantitative estimate of drug-likeness (QED) is 0.884. The minimum atomic E-state index is -0.359. The minimum absolute atomic E-state index is 0.195. The lowest BCUT2D eigenvalue weighted by atomic mass is 10.2. The zero-order valence-corrected chi connectivity index (χ0v) is 12.6. The number of fused-ring (bicyclic) bond motifs is 1. The summed E-state index contributed by atoms with van der Waals surface area (Å²) in [7, 11) is 0. The first-order chi connectivity index (χ1) is 10.6. The largest absolute Gasteiger partial charge is 0.324 e. The van der Waals surface area contributed by atoms with Gasteiger partial charge in [0.15, 0.2) is 0 Å². The van der Waals surface area contributed by atoms with Gasteiger partial charge in [0.05, 0.1) is 10.7 Å². The fourth-order valence-corrected chi connectivity index (χ4v) is 2.77. The molecule has 3 rings (SSSR count). The molecule has 1 aliphatic rings. The molecule has 22 heavy (non-hydrogen) atoms. The van der Waals surface area contributed by atoms with Gasteiger partial charge in [0, 0.05) is 12.2 Å². The third-order valence-electron chi connectivity index (χ3n) is 3.65. The van der Waals surface area contributed by atoms with Crippen LogP contribution in [0.2, 0.25) is 5.02 Å². The highest BCUT2D eigenvalue weighted by Gasteiger charge is 2.25. The van der Waals surface area contributed by atoms with E-state index < -0.39 is 0 Å². The Hall–Kier alpha value is -2.33. The van der Waals surface area contributed by atoms with Crippen LogP contribution in [0.15, 0.2) is 48.5 Å². The van der Waals surface area contributed by atoms with Gasteiger partial charge in [-0.05, 0) is 30.2 Å². The number of hydrogen-bond acceptors (Lipinski definition) is 2. The van der Waals surface area contributed by atoms with Gasteiger partial charge < -0.3 is 10.2 Å². The number of nitrogens with one attached hydrogen (secondary N) is 1. The second-order valence-electron chi connectivity index (χ2n) is 5.13. The minimum Gasteiger partial charge on any atom is -0.324 e. The van der Waals surface area contributed by atoms with Crippen LogP contribution in [0.3, 0.4) is 0 Å². The molecule has 4 nitrogen and oxygen atoms in total. The Labute approximate surface area is 133 Å². The van der Waals surface area contributed by atoms with E-state index in [9.17, 15) is 9.59 Å². The molecule has 0 radical (unpaired) electrons. The summed E-state index contributed by atoms with van der Waals surface area (Å²) in [5.74, 6) is -0.558. The van der Waals surface area contributed by atoms with E-state index in [1.165, 1.54) is 0 Å². The summed E-state index contributed by atoms with van der Waals surface area (Å²) in [5.41, 5.74) is 2.56. The van der Waals surface area contributed by atoms with E-state index in [2.05, 4.69) is 5.32 Å². The number of halogens is 1. The van der Waals surface area contributed by atoms with Gasteiger partial charge in [-0.15, -0.1) is 0 Å². The summed E-state index contributed by atoms with van der Waals surface area (Å²) in [5, 5.41) is 3.12. The van der Waals surface area contributed by atoms with Crippen LogP contribution >= 0.6 is 11.6 Å². The first kappa shape index (κ1) is 14.6. The van der Waals surface area contributed by atoms with Gasteiger partial charge in [0.1, 0.15) is 6.42 Å². The molecule has 1 aliphatic heterocycles. The Kier molecular flexibility index (Phi) is 4.11. The maximum atomic E-state index is 12.3. The van der Waals surface area contributed by atoms with E-state index in [1.807, 2.05) is 24.3 Å². The maximum absolute atomic E-state index is 12.3. The molecule has 0 aromatic heterocycles. The number of benzene rings is 2. The molecule has 5 heteroatoms. The summed E-state index contributed by atoms with van der Waals surface area (Å²) in [6, 6.07) is 14.7. The molecule has 0 spiro atoms. The number of amides is 2. The molecule has 112 valence electrons. The number of hydrogen-bond donors (Lipinski definition) is 1. The Bertz CT molecular complexity index is 730. The van der Waals surface area contributed by atoms with Crippen molar-refractivity contribution < 1.29 is 9.59 Å². The van der Waals surface area contributed by atoms with Crippen LogP contribution in [0.1, 0.15) is 12.0 Å². The molecule has 2 aromatic rings. The first-order valence-electron chi connectivity index (χ1n) is 7.08. The molecule has 0 saturated carbocycles. The molecular formula is C17H15ClN2O2. The molecular weight excluding hydrogens is 300 g/mol. The number of para-hydroxylation sites is 2. The first-order valence-corrected chi connectivity index (χ1v) is 7.45. The van der Waals surface area contributed by atoms with Gasteiger partial charge in [0.2, 0.25) is 11.8 Å². The normalized spacial score (nSPS) is 12.9. The Morgan fingerprint density at radius 1 is 1.09 bits per heavy atom. The monoisotopic (exact) mass is 314 g/mol. The average molecular weight is 315 g/mol. The second kappa shape index (κ2) is 6.20. The molecule has 0 saturated heterocycles. The van der Waals surface area contributed by atoms with Gasteiger partial charge >= 0.3 is 0 Å². The Balaban J connectivity index is 1.65. The lowest BCUT2D eigenvalue weighted by Crippen LogP contribution is -2.32. The molecule has 2 aromatic carbocycles. The smallest absolute Gasteiger partial charge is 0.236 e. The molecule has 0 atom stereocenters. The third-order valence-corrected chi connectivity index (χ3v) is 3.98. The molecule has 2 amide bonds. The van der Waals surface area contributed by atoms with Crippen molar-refractivity contribution in [1.29, 1.82) is 0 Å². The van der Waals surface area contributed by atoms with Gasteiger partial charge in [-0.3, -0.25) is 9.59 Å². The van der Waals surface area contributed by atoms with Crippen molar-refractivity contribution in [3.05, 3.63) is 59.1 Å². The standard InChI is InChI=1S/C17H15ClN2O2/c18-13-6-2-3-7-14(13)19-16(21)11-17(22)20-10-9-12-5-1-4-8-15(12)20/h1-8H,9-11H2,(H,19,21). The highest BCUT2D eigenvalue weighted by atomic mass is 35.5. The molecule has 0 aliphatic carbocycles. The van der Waals surface area contributed by atoms with Crippen LogP contribution in [-0.4, -0.2) is 18.4 Å². The summed E-state index contributed by atoms with van der Waals surface area (Å²) in [6.45, 7) is 0.623. The lowest BCUT2D eigenvalue weighted by Gasteiger charge is -2.17. The molecule has 0 fully saturated rings. The highest BCUT2D eigenvalue weighted by Crippen LogP contribution is 2.28. The van der Waals surface area contributed by atoms with E-state index in [1.54, 1.807) is 29.2 Å². The van der Waals surface area contributed by atoms with Gasteiger partial charge in [0.25, 0.3) is 0 Å². The Morgan fingerprint density at radius 3 is 2.64 bits per heavy atom. The van der Waals surface area contributed by atoms with Crippen molar-refractivity contribution in [2.45, 2.75) is 12.8 Å². The lowest BCUT2D eigenvalue weighted by molar-refractivity contribution is -0.125. The van der Waals surface area contributed by atoms with Crippen LogP contribution in [0, 0.1) is 0 Å². The van der Waals surface area contributed by atoms with Crippen molar-refractivity contribution in [3.8, 4) is 0 Å². The van der Waals surface area contributed by atoms with E-state index in [4.69, 9.17) is 11.6 Å². The average Bonchev–Trinajstić information content (AvgIpc) is 2.93. The predicted octanol–water partition coefficient (Wildman–Crippen LogP) is 3.26. The molecule has 0 unspecified atom stereocenters. The van der Waals surface area contributed by atoms with Crippen molar-refractivity contribution in [1.82, 2.24) is 0 Å². The van der Waals surface area contributed by atoms with Gasteiger partial charge in [-0.25, -0.2) is 0 Å².